The Morgan fingerprint density at radius 1 is 0.971 bits per heavy atom. The van der Waals surface area contributed by atoms with Gasteiger partial charge in [-0.05, 0) is 81.4 Å². The highest BCUT2D eigenvalue weighted by Crippen LogP contribution is 2.42. The van der Waals surface area contributed by atoms with Crippen LogP contribution >= 0.6 is 0 Å². The minimum atomic E-state index is 0.146. The molecule has 5 heterocycles. The average molecular weight is 460 g/mol. The molecular weight excluding hydrogens is 426 g/mol. The minimum absolute atomic E-state index is 0.146. The topological polar surface area (TPSA) is 93.2 Å². The predicted octanol–water partition coefficient (Wildman–Crippen LogP) is 3.36. The molecule has 3 aromatic heterocycles. The van der Waals surface area contributed by atoms with Crippen LogP contribution in [0.15, 0.2) is 36.7 Å². The normalized spacial score (nSPS) is 20.8. The van der Waals surface area contributed by atoms with Crippen LogP contribution in [0.1, 0.15) is 61.9 Å². The molecule has 0 radical (unpaired) electrons. The Bertz CT molecular complexity index is 1170. The molecule has 8 nitrogen and oxygen atoms in total. The van der Waals surface area contributed by atoms with Crippen molar-refractivity contribution in [2.45, 2.75) is 57.0 Å². The van der Waals surface area contributed by atoms with Crippen LogP contribution in [-0.2, 0) is 11.3 Å². The van der Waals surface area contributed by atoms with Crippen LogP contribution in [0.25, 0.3) is 11.2 Å². The summed E-state index contributed by atoms with van der Waals surface area (Å²) in [5.74, 6) is 2.86. The first-order chi connectivity index (χ1) is 16.7. The second-order valence-electron chi connectivity index (χ2n) is 10.2. The summed E-state index contributed by atoms with van der Waals surface area (Å²) >= 11 is 0. The molecule has 0 spiro atoms. The van der Waals surface area contributed by atoms with Crippen molar-refractivity contribution in [3.63, 3.8) is 0 Å². The van der Waals surface area contributed by atoms with E-state index >= 15 is 0 Å². The number of carbonyl (C=O) groups excluding carboxylic acids is 1. The van der Waals surface area contributed by atoms with Gasteiger partial charge in [0.15, 0.2) is 5.65 Å². The molecule has 0 atom stereocenters. The van der Waals surface area contributed by atoms with Crippen LogP contribution in [-0.4, -0.2) is 61.4 Å². The molecule has 0 aromatic carbocycles. The molecule has 1 amide bonds. The van der Waals surface area contributed by atoms with Crippen molar-refractivity contribution in [1.82, 2.24) is 29.3 Å². The van der Waals surface area contributed by atoms with E-state index in [4.69, 9.17) is 10.7 Å². The van der Waals surface area contributed by atoms with Crippen LogP contribution < -0.4 is 5.73 Å². The summed E-state index contributed by atoms with van der Waals surface area (Å²) in [5.41, 5.74) is 9.02. The van der Waals surface area contributed by atoms with E-state index in [1.807, 2.05) is 24.4 Å². The van der Waals surface area contributed by atoms with Gasteiger partial charge in [-0.15, -0.1) is 0 Å². The van der Waals surface area contributed by atoms with E-state index in [1.54, 1.807) is 6.20 Å². The summed E-state index contributed by atoms with van der Waals surface area (Å²) in [6.45, 7) is 4.43. The van der Waals surface area contributed by atoms with Crippen LogP contribution in [0.2, 0.25) is 0 Å². The van der Waals surface area contributed by atoms with Gasteiger partial charge in [-0.1, -0.05) is 0 Å². The third kappa shape index (κ3) is 4.27. The summed E-state index contributed by atoms with van der Waals surface area (Å²) in [6, 6.07) is 8.38. The molecule has 178 valence electrons. The fourth-order valence-corrected chi connectivity index (χ4v) is 5.73. The fraction of sp³-hybridized carbons (Fsp3) is 0.538. The van der Waals surface area contributed by atoms with Gasteiger partial charge in [0.1, 0.15) is 17.2 Å². The lowest BCUT2D eigenvalue weighted by molar-refractivity contribution is -0.138. The van der Waals surface area contributed by atoms with Gasteiger partial charge in [-0.2, -0.15) is 0 Å². The van der Waals surface area contributed by atoms with E-state index in [0.29, 0.717) is 23.7 Å². The molecule has 1 saturated carbocycles. The number of nitrogen functional groups attached to an aromatic ring is 1. The second-order valence-corrected chi connectivity index (χ2v) is 10.2. The molecule has 0 bridgehead atoms. The largest absolute Gasteiger partial charge is 0.384 e. The van der Waals surface area contributed by atoms with E-state index in [0.717, 1.165) is 69.6 Å². The van der Waals surface area contributed by atoms with E-state index in [2.05, 4.69) is 30.4 Å². The molecular formula is C26H33N7O. The Morgan fingerprint density at radius 3 is 2.50 bits per heavy atom. The number of anilines is 1. The first kappa shape index (κ1) is 21.5. The lowest BCUT2D eigenvalue weighted by atomic mass is 9.93. The smallest absolute Gasteiger partial charge is 0.225 e. The Labute approximate surface area is 200 Å². The molecule has 6 rings (SSSR count). The number of nitrogens with zero attached hydrogens (tertiary/aromatic N) is 6. The monoisotopic (exact) mass is 459 g/mol. The zero-order chi connectivity index (χ0) is 23.1. The van der Waals surface area contributed by atoms with Crippen molar-refractivity contribution in [2.24, 2.45) is 5.92 Å². The maximum Gasteiger partial charge on any atom is 0.225 e. The number of carbonyl (C=O) groups is 1. The van der Waals surface area contributed by atoms with Crippen LogP contribution in [0.3, 0.4) is 0 Å². The van der Waals surface area contributed by atoms with Gasteiger partial charge in [-0.3, -0.25) is 9.69 Å². The lowest BCUT2D eigenvalue weighted by Crippen LogP contribution is -2.45. The van der Waals surface area contributed by atoms with Crippen LogP contribution in [0.4, 0.5) is 5.82 Å². The standard InChI is InChI=1S/C26H33N7O/c27-23-16-18(5-11-28-23)17-31-12-6-20(7-13-31)26(34)32-14-8-21(9-15-32)33-24(19-3-4-19)30-22-2-1-10-29-25(22)33/h1-2,5,10-11,16,19-21H,3-4,6-9,12-15,17H2,(H2,27,28). The maximum atomic E-state index is 13.3. The SMILES string of the molecule is Nc1cc(CN2CCC(C(=O)N3CCC(n4c(C5CC5)nc5cccnc54)CC3)CC2)ccn1. The number of rotatable bonds is 5. The van der Waals surface area contributed by atoms with Crippen molar-refractivity contribution >= 4 is 22.9 Å². The minimum Gasteiger partial charge on any atom is -0.384 e. The number of piperidine rings is 2. The van der Waals surface area contributed by atoms with Crippen LogP contribution in [0, 0.1) is 5.92 Å². The first-order valence-corrected chi connectivity index (χ1v) is 12.7. The Balaban J connectivity index is 1.05. The zero-order valence-electron chi connectivity index (χ0n) is 19.6. The Kier molecular flexibility index (Phi) is 5.69. The van der Waals surface area contributed by atoms with E-state index < -0.39 is 0 Å². The number of amides is 1. The summed E-state index contributed by atoms with van der Waals surface area (Å²) in [7, 11) is 0. The summed E-state index contributed by atoms with van der Waals surface area (Å²) in [5, 5.41) is 0. The Morgan fingerprint density at radius 2 is 1.76 bits per heavy atom. The van der Waals surface area contributed by atoms with Crippen molar-refractivity contribution in [3.8, 4) is 0 Å². The van der Waals surface area contributed by atoms with Gasteiger partial charge < -0.3 is 15.2 Å². The Hall–Kier alpha value is -3.00. The number of hydrogen-bond donors (Lipinski definition) is 1. The highest BCUT2D eigenvalue weighted by atomic mass is 16.2. The quantitative estimate of drug-likeness (QED) is 0.629. The number of hydrogen-bond acceptors (Lipinski definition) is 6. The fourth-order valence-electron chi connectivity index (χ4n) is 5.73. The average Bonchev–Trinajstić information content (AvgIpc) is 3.64. The molecule has 3 aromatic rings. The van der Waals surface area contributed by atoms with Crippen molar-refractivity contribution in [3.05, 3.63) is 48.0 Å². The maximum absolute atomic E-state index is 13.3. The number of likely N-dealkylation sites (tertiary alicyclic amines) is 2. The van der Waals surface area contributed by atoms with Crippen molar-refractivity contribution in [1.29, 1.82) is 0 Å². The summed E-state index contributed by atoms with van der Waals surface area (Å²) in [6.07, 6.45) is 9.92. The summed E-state index contributed by atoms with van der Waals surface area (Å²) < 4.78 is 2.40. The van der Waals surface area contributed by atoms with Crippen LogP contribution in [0.5, 0.6) is 0 Å². The second kappa shape index (κ2) is 8.98. The highest BCUT2D eigenvalue weighted by Gasteiger charge is 2.35. The van der Waals surface area contributed by atoms with E-state index in [9.17, 15) is 4.79 Å². The molecule has 2 N–H and O–H groups in total. The van der Waals surface area contributed by atoms with Crippen molar-refractivity contribution in [2.75, 3.05) is 31.9 Å². The van der Waals surface area contributed by atoms with Gasteiger partial charge in [0.05, 0.1) is 0 Å². The van der Waals surface area contributed by atoms with E-state index in [-0.39, 0.29) is 5.92 Å². The number of nitrogens with two attached hydrogens (primary N) is 1. The molecule has 3 fully saturated rings. The number of pyridine rings is 2. The first-order valence-electron chi connectivity index (χ1n) is 12.7. The number of fused-ring (bicyclic) bond motifs is 1. The third-order valence-corrected chi connectivity index (χ3v) is 7.75. The number of aromatic nitrogens is 4. The molecule has 1 aliphatic carbocycles. The molecule has 8 heteroatoms. The number of imidazole rings is 1. The molecule has 2 aliphatic heterocycles. The lowest BCUT2D eigenvalue weighted by Gasteiger charge is -2.38. The molecule has 0 unspecified atom stereocenters. The molecule has 3 aliphatic rings. The van der Waals surface area contributed by atoms with Gasteiger partial charge in [0.25, 0.3) is 0 Å². The van der Waals surface area contributed by atoms with Gasteiger partial charge in [-0.25, -0.2) is 15.0 Å². The van der Waals surface area contributed by atoms with Gasteiger partial charge >= 0.3 is 0 Å². The van der Waals surface area contributed by atoms with Gasteiger partial charge in [0, 0.05) is 49.9 Å². The predicted molar refractivity (Wildman–Crippen MR) is 131 cm³/mol. The highest BCUT2D eigenvalue weighted by molar-refractivity contribution is 5.79. The summed E-state index contributed by atoms with van der Waals surface area (Å²) in [4.78, 5) is 31.5. The zero-order valence-corrected chi connectivity index (χ0v) is 19.6. The van der Waals surface area contributed by atoms with E-state index in [1.165, 1.54) is 24.2 Å². The van der Waals surface area contributed by atoms with Crippen molar-refractivity contribution < 1.29 is 4.79 Å². The van der Waals surface area contributed by atoms with Gasteiger partial charge in [0.2, 0.25) is 5.91 Å². The molecule has 34 heavy (non-hydrogen) atoms. The molecule has 2 saturated heterocycles. The third-order valence-electron chi connectivity index (χ3n) is 7.75.